The lowest BCUT2D eigenvalue weighted by molar-refractivity contribution is -0.129. The SMILES string of the molecule is COc1ccc(C2C(C(=O)c3cc4cccc(OC)c4o3)=C(O)C(=O)N2CCN(C)C)cc1O. The maximum absolute atomic E-state index is 13.6. The van der Waals surface area contributed by atoms with Crippen molar-refractivity contribution < 1.29 is 33.7 Å². The summed E-state index contributed by atoms with van der Waals surface area (Å²) in [6.45, 7) is 0.749. The number of Topliss-reactive ketones (excluding diaryl/α,β-unsaturated/α-hetero) is 1. The Morgan fingerprint density at radius 1 is 1.09 bits per heavy atom. The quantitative estimate of drug-likeness (QED) is 0.487. The molecular weight excluding hydrogens is 440 g/mol. The fourth-order valence-corrected chi connectivity index (χ4v) is 4.09. The van der Waals surface area contributed by atoms with Crippen LogP contribution in [0.5, 0.6) is 17.2 Å². The molecule has 1 aliphatic heterocycles. The Balaban J connectivity index is 1.81. The molecule has 1 aliphatic rings. The van der Waals surface area contributed by atoms with Gasteiger partial charge in [0.25, 0.3) is 5.91 Å². The van der Waals surface area contributed by atoms with Crippen LogP contribution in [0.2, 0.25) is 0 Å². The summed E-state index contributed by atoms with van der Waals surface area (Å²) in [7, 11) is 6.64. The third kappa shape index (κ3) is 3.94. The number of aliphatic hydroxyl groups excluding tert-OH is 1. The first-order valence-corrected chi connectivity index (χ1v) is 10.6. The van der Waals surface area contributed by atoms with E-state index in [2.05, 4.69) is 0 Å². The Kier molecular flexibility index (Phi) is 6.21. The lowest BCUT2D eigenvalue weighted by Gasteiger charge is -2.28. The van der Waals surface area contributed by atoms with Crippen LogP contribution in [0.3, 0.4) is 0 Å². The molecule has 9 heteroatoms. The average Bonchev–Trinajstić information content (AvgIpc) is 3.36. The Hall–Kier alpha value is -3.98. The molecule has 4 rings (SSSR count). The first-order chi connectivity index (χ1) is 16.3. The monoisotopic (exact) mass is 466 g/mol. The molecule has 0 fully saturated rings. The first-order valence-electron chi connectivity index (χ1n) is 10.6. The number of methoxy groups -OCH3 is 2. The highest BCUT2D eigenvalue weighted by Gasteiger charge is 2.44. The molecule has 0 saturated heterocycles. The molecule has 0 radical (unpaired) electrons. The average molecular weight is 466 g/mol. The summed E-state index contributed by atoms with van der Waals surface area (Å²) in [6, 6.07) is 10.5. The van der Waals surface area contributed by atoms with Gasteiger partial charge in [0.2, 0.25) is 5.78 Å². The van der Waals surface area contributed by atoms with Crippen molar-refractivity contribution in [1.29, 1.82) is 0 Å². The highest BCUT2D eigenvalue weighted by atomic mass is 16.5. The van der Waals surface area contributed by atoms with Crippen LogP contribution in [0.4, 0.5) is 0 Å². The zero-order chi connectivity index (χ0) is 24.6. The molecule has 0 saturated carbocycles. The fourth-order valence-electron chi connectivity index (χ4n) is 4.09. The number of phenolic OH excluding ortho intramolecular Hbond substituents is 1. The second-order valence-corrected chi connectivity index (χ2v) is 8.22. The van der Waals surface area contributed by atoms with Gasteiger partial charge in [0.1, 0.15) is 0 Å². The van der Waals surface area contributed by atoms with Crippen LogP contribution < -0.4 is 9.47 Å². The van der Waals surface area contributed by atoms with Crippen molar-refractivity contribution in [2.24, 2.45) is 0 Å². The van der Waals surface area contributed by atoms with Crippen molar-refractivity contribution >= 4 is 22.7 Å². The van der Waals surface area contributed by atoms with E-state index in [1.807, 2.05) is 19.0 Å². The number of hydrogen-bond donors (Lipinski definition) is 2. The van der Waals surface area contributed by atoms with Gasteiger partial charge in [-0.2, -0.15) is 0 Å². The number of aliphatic hydroxyl groups is 1. The van der Waals surface area contributed by atoms with Crippen LogP contribution in [0.1, 0.15) is 22.2 Å². The number of carbonyl (C=O) groups is 2. The molecule has 2 aromatic carbocycles. The molecule has 2 heterocycles. The Morgan fingerprint density at radius 2 is 1.82 bits per heavy atom. The van der Waals surface area contributed by atoms with E-state index >= 15 is 0 Å². The number of nitrogens with zero attached hydrogens (tertiary/aromatic N) is 2. The summed E-state index contributed by atoms with van der Waals surface area (Å²) in [5, 5.41) is 21.8. The number of para-hydroxylation sites is 1. The van der Waals surface area contributed by atoms with Crippen LogP contribution in [0.25, 0.3) is 11.0 Å². The molecule has 1 unspecified atom stereocenters. The van der Waals surface area contributed by atoms with Gasteiger partial charge in [-0.1, -0.05) is 18.2 Å². The van der Waals surface area contributed by atoms with E-state index < -0.39 is 23.5 Å². The highest BCUT2D eigenvalue weighted by molar-refractivity contribution is 6.16. The van der Waals surface area contributed by atoms with E-state index in [9.17, 15) is 19.8 Å². The summed E-state index contributed by atoms with van der Waals surface area (Å²) in [5.41, 5.74) is 0.721. The van der Waals surface area contributed by atoms with Gasteiger partial charge in [-0.3, -0.25) is 9.59 Å². The second-order valence-electron chi connectivity index (χ2n) is 8.22. The molecule has 3 aromatic rings. The van der Waals surface area contributed by atoms with Gasteiger partial charge in [0, 0.05) is 18.5 Å². The Morgan fingerprint density at radius 3 is 2.47 bits per heavy atom. The van der Waals surface area contributed by atoms with E-state index in [1.54, 1.807) is 36.4 Å². The number of aromatic hydroxyl groups is 1. The van der Waals surface area contributed by atoms with Gasteiger partial charge in [-0.25, -0.2) is 0 Å². The minimum absolute atomic E-state index is 0.0361. The molecule has 178 valence electrons. The number of rotatable bonds is 8. The van der Waals surface area contributed by atoms with Crippen molar-refractivity contribution in [3.8, 4) is 17.2 Å². The number of likely N-dealkylation sites (N-methyl/N-ethyl adjacent to an activating group) is 1. The van der Waals surface area contributed by atoms with Crippen LogP contribution in [-0.4, -0.2) is 73.1 Å². The zero-order valence-electron chi connectivity index (χ0n) is 19.4. The van der Waals surface area contributed by atoms with Gasteiger partial charge < -0.3 is 33.9 Å². The highest BCUT2D eigenvalue weighted by Crippen LogP contribution is 2.42. The molecule has 0 aliphatic carbocycles. The molecule has 9 nitrogen and oxygen atoms in total. The van der Waals surface area contributed by atoms with Gasteiger partial charge in [-0.15, -0.1) is 0 Å². The molecule has 34 heavy (non-hydrogen) atoms. The predicted molar refractivity (Wildman–Crippen MR) is 124 cm³/mol. The van der Waals surface area contributed by atoms with Crippen molar-refractivity contribution in [3.63, 3.8) is 0 Å². The van der Waals surface area contributed by atoms with E-state index in [-0.39, 0.29) is 29.4 Å². The lowest BCUT2D eigenvalue weighted by atomic mass is 9.94. The normalized spacial score (nSPS) is 16.1. The minimum atomic E-state index is -0.924. The number of amides is 1. The topological polar surface area (TPSA) is 113 Å². The number of phenols is 1. The van der Waals surface area contributed by atoms with Crippen molar-refractivity contribution in [2.75, 3.05) is 41.4 Å². The van der Waals surface area contributed by atoms with Gasteiger partial charge in [0.15, 0.2) is 34.4 Å². The predicted octanol–water partition coefficient (Wildman–Crippen LogP) is 3.30. The molecule has 2 N–H and O–H groups in total. The van der Waals surface area contributed by atoms with Crippen LogP contribution in [-0.2, 0) is 4.79 Å². The lowest BCUT2D eigenvalue weighted by Crippen LogP contribution is -2.36. The number of benzene rings is 2. The number of hydrogen-bond acceptors (Lipinski definition) is 8. The zero-order valence-corrected chi connectivity index (χ0v) is 19.4. The smallest absolute Gasteiger partial charge is 0.290 e. The van der Waals surface area contributed by atoms with E-state index in [0.29, 0.717) is 28.8 Å². The Labute approximate surface area is 196 Å². The summed E-state index contributed by atoms with van der Waals surface area (Å²) in [6.07, 6.45) is 0. The summed E-state index contributed by atoms with van der Waals surface area (Å²) in [5.74, 6) is -1.41. The Bertz CT molecular complexity index is 1290. The van der Waals surface area contributed by atoms with E-state index in [4.69, 9.17) is 13.9 Å². The summed E-state index contributed by atoms with van der Waals surface area (Å²) in [4.78, 5) is 30.0. The standard InChI is InChI=1S/C25H26N2O7/c1-26(2)10-11-27-21(14-8-9-17(32-3)16(28)12-14)20(23(30)25(27)31)22(29)19-13-15-6-5-7-18(33-4)24(15)34-19/h5-9,12-13,21,28,30H,10-11H2,1-4H3. The van der Waals surface area contributed by atoms with Crippen molar-refractivity contribution in [1.82, 2.24) is 9.80 Å². The molecular formula is C25H26N2O7. The molecule has 1 amide bonds. The largest absolute Gasteiger partial charge is 0.504 e. The minimum Gasteiger partial charge on any atom is -0.504 e. The maximum Gasteiger partial charge on any atom is 0.290 e. The van der Waals surface area contributed by atoms with Crippen LogP contribution in [0, 0.1) is 0 Å². The van der Waals surface area contributed by atoms with Gasteiger partial charge in [-0.05, 0) is 43.9 Å². The van der Waals surface area contributed by atoms with Crippen molar-refractivity contribution in [3.05, 3.63) is 65.1 Å². The molecule has 1 atom stereocenters. The summed E-state index contributed by atoms with van der Waals surface area (Å²) >= 11 is 0. The molecule has 0 spiro atoms. The fraction of sp³-hybridized carbons (Fsp3) is 0.280. The number of ether oxygens (including phenoxy) is 2. The number of carbonyl (C=O) groups excluding carboxylic acids is 2. The van der Waals surface area contributed by atoms with Gasteiger partial charge >= 0.3 is 0 Å². The third-order valence-electron chi connectivity index (χ3n) is 5.81. The maximum atomic E-state index is 13.6. The van der Waals surface area contributed by atoms with Crippen molar-refractivity contribution in [2.45, 2.75) is 6.04 Å². The number of fused-ring (bicyclic) bond motifs is 1. The summed E-state index contributed by atoms with van der Waals surface area (Å²) < 4.78 is 16.2. The first kappa shape index (κ1) is 23.2. The number of ketones is 1. The van der Waals surface area contributed by atoms with E-state index in [1.165, 1.54) is 25.2 Å². The van der Waals surface area contributed by atoms with Crippen LogP contribution in [0.15, 0.2) is 58.2 Å². The van der Waals surface area contributed by atoms with Crippen LogP contribution >= 0.6 is 0 Å². The third-order valence-corrected chi connectivity index (χ3v) is 5.81. The van der Waals surface area contributed by atoms with E-state index in [0.717, 1.165) is 0 Å². The number of furan rings is 1. The second kappa shape index (κ2) is 9.11. The molecule has 1 aromatic heterocycles. The van der Waals surface area contributed by atoms with Gasteiger partial charge in [0.05, 0.1) is 25.8 Å². The molecule has 0 bridgehead atoms.